The first-order chi connectivity index (χ1) is 13.8. The summed E-state index contributed by atoms with van der Waals surface area (Å²) >= 11 is 0. The van der Waals surface area contributed by atoms with Gasteiger partial charge in [0, 0.05) is 48.5 Å². The number of anilines is 2. The highest BCUT2D eigenvalue weighted by Gasteiger charge is 2.21. The summed E-state index contributed by atoms with van der Waals surface area (Å²) in [5.41, 5.74) is 3.85. The number of H-pyrrole nitrogens is 1. The highest BCUT2D eigenvalue weighted by Crippen LogP contribution is 2.30. The highest BCUT2D eigenvalue weighted by molar-refractivity contribution is 5.78. The van der Waals surface area contributed by atoms with Gasteiger partial charge in [-0.1, -0.05) is 0 Å². The van der Waals surface area contributed by atoms with E-state index >= 15 is 0 Å². The predicted octanol–water partition coefficient (Wildman–Crippen LogP) is 2.55. The van der Waals surface area contributed by atoms with Gasteiger partial charge in [0.2, 0.25) is 0 Å². The van der Waals surface area contributed by atoms with E-state index in [1.807, 2.05) is 27.7 Å². The number of fused-ring (bicyclic) bond motifs is 1. The molecule has 1 atom stereocenters. The van der Waals surface area contributed by atoms with Crippen LogP contribution in [-0.2, 0) is 6.54 Å². The Bertz CT molecular complexity index is 1070. The molecule has 3 N–H and O–H groups in total. The summed E-state index contributed by atoms with van der Waals surface area (Å²) in [4.78, 5) is 5.00. The van der Waals surface area contributed by atoms with E-state index < -0.39 is 0 Å². The molecule has 5 heterocycles. The molecule has 5 rings (SSSR count). The van der Waals surface area contributed by atoms with Crippen LogP contribution in [0.1, 0.15) is 31.4 Å². The minimum absolute atomic E-state index is 0.391. The molecule has 1 unspecified atom stereocenters. The quantitative estimate of drug-likeness (QED) is 0.494. The van der Waals surface area contributed by atoms with Gasteiger partial charge in [-0.3, -0.25) is 5.10 Å². The van der Waals surface area contributed by atoms with Crippen LogP contribution in [0.15, 0.2) is 36.9 Å². The minimum atomic E-state index is 0.391. The first-order valence-corrected chi connectivity index (χ1v) is 9.71. The zero-order chi connectivity index (χ0) is 18.9. The molecular formula is C19H23N9. The van der Waals surface area contributed by atoms with Gasteiger partial charge in [0.15, 0.2) is 5.65 Å². The molecule has 1 aliphatic rings. The van der Waals surface area contributed by atoms with Crippen LogP contribution in [0, 0.1) is 0 Å². The maximum Gasteiger partial charge on any atom is 0.165 e. The lowest BCUT2D eigenvalue weighted by Crippen LogP contribution is -2.29. The molecule has 4 aromatic heterocycles. The zero-order valence-electron chi connectivity index (χ0n) is 15.8. The van der Waals surface area contributed by atoms with Gasteiger partial charge in [-0.25, -0.2) is 9.67 Å². The summed E-state index contributed by atoms with van der Waals surface area (Å²) in [6.45, 7) is 4.89. The fourth-order valence-corrected chi connectivity index (χ4v) is 3.81. The largest absolute Gasteiger partial charge is 0.325 e. The Morgan fingerprint density at radius 1 is 1.25 bits per heavy atom. The van der Waals surface area contributed by atoms with Crippen molar-refractivity contribution in [1.29, 1.82) is 0 Å². The van der Waals surface area contributed by atoms with Gasteiger partial charge in [-0.05, 0) is 26.3 Å². The molecule has 9 heteroatoms. The van der Waals surface area contributed by atoms with Crippen molar-refractivity contribution in [2.75, 3.05) is 18.4 Å². The van der Waals surface area contributed by atoms with Gasteiger partial charge in [0.1, 0.15) is 11.6 Å². The first kappa shape index (κ1) is 16.9. The smallest absolute Gasteiger partial charge is 0.165 e. The predicted molar refractivity (Wildman–Crippen MR) is 107 cm³/mol. The number of nitrogens with zero attached hydrogens (tertiary/aromatic N) is 6. The minimum Gasteiger partial charge on any atom is -0.325 e. The Morgan fingerprint density at radius 3 is 3.00 bits per heavy atom. The topological polar surface area (TPSA) is 101 Å². The molecule has 0 aliphatic carbocycles. The van der Waals surface area contributed by atoms with Crippen molar-refractivity contribution in [1.82, 2.24) is 39.9 Å². The number of rotatable bonds is 5. The van der Waals surface area contributed by atoms with Crippen molar-refractivity contribution in [3.63, 3.8) is 0 Å². The van der Waals surface area contributed by atoms with E-state index in [0.717, 1.165) is 66.6 Å². The third kappa shape index (κ3) is 2.93. The summed E-state index contributed by atoms with van der Waals surface area (Å²) in [7, 11) is 0. The Kier molecular flexibility index (Phi) is 4.28. The van der Waals surface area contributed by atoms with Crippen molar-refractivity contribution in [2.24, 2.45) is 0 Å². The average molecular weight is 377 g/mol. The van der Waals surface area contributed by atoms with Crippen LogP contribution < -0.4 is 10.6 Å². The number of hydrogen-bond donors (Lipinski definition) is 3. The maximum atomic E-state index is 5.00. The summed E-state index contributed by atoms with van der Waals surface area (Å²) in [6.07, 6.45) is 9.61. The molecule has 0 bridgehead atoms. The van der Waals surface area contributed by atoms with Crippen LogP contribution >= 0.6 is 0 Å². The van der Waals surface area contributed by atoms with Gasteiger partial charge in [0.05, 0.1) is 24.3 Å². The molecule has 144 valence electrons. The number of aryl methyl sites for hydroxylation is 1. The molecule has 9 nitrogen and oxygen atoms in total. The molecule has 1 saturated heterocycles. The number of aromatic amines is 1. The van der Waals surface area contributed by atoms with Crippen LogP contribution in [0.25, 0.3) is 16.8 Å². The van der Waals surface area contributed by atoms with Crippen LogP contribution in [0.5, 0.6) is 0 Å². The standard InChI is InChI=1S/C19H23N9/c1-2-27-17(5-7-23-27)26-18-8-16(13-4-3-6-20-9-13)25-19-15(12-24-28(18)19)14-10-21-22-11-14/h5,7-8,10-13,20,26H,2-4,6,9H2,1H3,(H,21,22). The summed E-state index contributed by atoms with van der Waals surface area (Å²) < 4.78 is 3.78. The molecule has 1 fully saturated rings. The number of nitrogens with one attached hydrogen (secondary N) is 3. The Labute approximate surface area is 162 Å². The van der Waals surface area contributed by atoms with E-state index in [2.05, 4.69) is 44.0 Å². The SMILES string of the molecule is CCn1nccc1Nc1cc(C2CCCNC2)nc2c(-c3cn[nH]c3)cnn12. The van der Waals surface area contributed by atoms with Crippen molar-refractivity contribution in [2.45, 2.75) is 32.2 Å². The second-order valence-corrected chi connectivity index (χ2v) is 7.05. The number of hydrogen-bond acceptors (Lipinski definition) is 6. The average Bonchev–Trinajstić information content (AvgIpc) is 3.48. The number of aromatic nitrogens is 7. The summed E-state index contributed by atoms with van der Waals surface area (Å²) in [5.74, 6) is 2.21. The van der Waals surface area contributed by atoms with Crippen molar-refractivity contribution >= 4 is 17.3 Å². The van der Waals surface area contributed by atoms with Gasteiger partial charge in [-0.15, -0.1) is 0 Å². The lowest BCUT2D eigenvalue weighted by molar-refractivity contribution is 0.455. The van der Waals surface area contributed by atoms with Crippen LogP contribution in [0.2, 0.25) is 0 Å². The highest BCUT2D eigenvalue weighted by atomic mass is 15.4. The van der Waals surface area contributed by atoms with E-state index in [1.54, 1.807) is 12.4 Å². The van der Waals surface area contributed by atoms with Crippen molar-refractivity contribution in [3.8, 4) is 11.1 Å². The first-order valence-electron chi connectivity index (χ1n) is 9.71. The molecular weight excluding hydrogens is 354 g/mol. The van der Waals surface area contributed by atoms with Gasteiger partial charge in [-0.2, -0.15) is 19.8 Å². The van der Waals surface area contributed by atoms with Gasteiger partial charge >= 0.3 is 0 Å². The maximum absolute atomic E-state index is 5.00. The Hall–Kier alpha value is -3.20. The Balaban J connectivity index is 1.64. The van der Waals surface area contributed by atoms with Gasteiger partial charge < -0.3 is 10.6 Å². The lowest BCUT2D eigenvalue weighted by atomic mass is 9.96. The zero-order valence-corrected chi connectivity index (χ0v) is 15.8. The molecule has 0 saturated carbocycles. The van der Waals surface area contributed by atoms with Crippen LogP contribution in [0.4, 0.5) is 11.6 Å². The normalized spacial score (nSPS) is 17.2. The fourth-order valence-electron chi connectivity index (χ4n) is 3.81. The van der Waals surface area contributed by atoms with E-state index in [4.69, 9.17) is 4.98 Å². The molecule has 0 spiro atoms. The van der Waals surface area contributed by atoms with Crippen molar-refractivity contribution < 1.29 is 0 Å². The van der Waals surface area contributed by atoms with Crippen LogP contribution in [0.3, 0.4) is 0 Å². The van der Waals surface area contributed by atoms with Crippen molar-refractivity contribution in [3.05, 3.63) is 42.6 Å². The monoisotopic (exact) mass is 377 g/mol. The summed E-state index contributed by atoms with van der Waals surface area (Å²) in [5, 5.41) is 22.9. The molecule has 0 amide bonds. The molecule has 0 aromatic carbocycles. The Morgan fingerprint density at radius 2 is 2.21 bits per heavy atom. The molecule has 0 radical (unpaired) electrons. The van der Waals surface area contributed by atoms with E-state index in [-0.39, 0.29) is 0 Å². The third-order valence-corrected chi connectivity index (χ3v) is 5.29. The molecule has 28 heavy (non-hydrogen) atoms. The van der Waals surface area contributed by atoms with E-state index in [9.17, 15) is 0 Å². The summed E-state index contributed by atoms with van der Waals surface area (Å²) in [6, 6.07) is 4.09. The van der Waals surface area contributed by atoms with E-state index in [0.29, 0.717) is 5.92 Å². The number of piperidine rings is 1. The molecule has 1 aliphatic heterocycles. The second-order valence-electron chi connectivity index (χ2n) is 7.05. The second kappa shape index (κ2) is 7.08. The fraction of sp³-hybridized carbons (Fsp3) is 0.368. The lowest BCUT2D eigenvalue weighted by Gasteiger charge is -2.23. The third-order valence-electron chi connectivity index (χ3n) is 5.29. The van der Waals surface area contributed by atoms with Gasteiger partial charge in [0.25, 0.3) is 0 Å². The van der Waals surface area contributed by atoms with E-state index in [1.165, 1.54) is 0 Å². The van der Waals surface area contributed by atoms with Crippen LogP contribution in [-0.4, -0.2) is 47.7 Å². The molecule has 4 aromatic rings.